The smallest absolute Gasteiger partial charge is 0.258 e. The summed E-state index contributed by atoms with van der Waals surface area (Å²) in [5.74, 6) is 0.837. The van der Waals surface area contributed by atoms with Gasteiger partial charge in [0.2, 0.25) is 5.82 Å². The van der Waals surface area contributed by atoms with Crippen LogP contribution >= 0.6 is 0 Å². The van der Waals surface area contributed by atoms with Gasteiger partial charge in [-0.15, -0.1) is 10.2 Å². The lowest BCUT2D eigenvalue weighted by Crippen LogP contribution is -1.87. The van der Waals surface area contributed by atoms with Crippen LogP contribution in [0.25, 0.3) is 28.5 Å². The number of fused-ring (bicyclic) bond motifs is 1. The maximum absolute atomic E-state index is 8.94. The van der Waals surface area contributed by atoms with Gasteiger partial charge in [0.15, 0.2) is 5.65 Å². The Morgan fingerprint density at radius 2 is 2.09 bits per heavy atom. The zero-order valence-electron chi connectivity index (χ0n) is 11.2. The molecule has 3 heterocycles. The van der Waals surface area contributed by atoms with E-state index in [4.69, 9.17) is 9.78 Å². The summed E-state index contributed by atoms with van der Waals surface area (Å²) in [7, 11) is 0. The highest BCUT2D eigenvalue weighted by Gasteiger charge is 2.11. The highest BCUT2D eigenvalue weighted by atomic mass is 16.5. The number of hydrogen-bond donors (Lipinski definition) is 0. The molecule has 0 aliphatic carbocycles. The van der Waals surface area contributed by atoms with E-state index >= 15 is 0 Å². The summed E-state index contributed by atoms with van der Waals surface area (Å²) in [4.78, 5) is 4.38. The topological polar surface area (TPSA) is 92.9 Å². The van der Waals surface area contributed by atoms with E-state index in [0.717, 1.165) is 11.2 Å². The van der Waals surface area contributed by atoms with Gasteiger partial charge in [0.25, 0.3) is 5.89 Å². The van der Waals surface area contributed by atoms with Gasteiger partial charge >= 0.3 is 0 Å². The molecule has 0 bridgehead atoms. The number of hydrogen-bond acceptors (Lipinski definition) is 6. The third kappa shape index (κ3) is 1.99. The third-order valence-corrected chi connectivity index (χ3v) is 3.21. The first-order valence-electron chi connectivity index (χ1n) is 6.47. The number of benzene rings is 1. The van der Waals surface area contributed by atoms with Crippen molar-refractivity contribution in [2.24, 2.45) is 0 Å². The largest absolute Gasteiger partial charge is 0.334 e. The highest BCUT2D eigenvalue weighted by molar-refractivity contribution is 5.61. The first-order chi connectivity index (χ1) is 10.8. The number of nitriles is 1. The van der Waals surface area contributed by atoms with E-state index in [1.807, 2.05) is 24.4 Å². The summed E-state index contributed by atoms with van der Waals surface area (Å²) < 4.78 is 7.07. The molecule has 7 nitrogen and oxygen atoms in total. The van der Waals surface area contributed by atoms with Gasteiger partial charge in [-0.3, -0.25) is 4.40 Å². The fourth-order valence-electron chi connectivity index (χ4n) is 2.14. The second-order valence-electron chi connectivity index (χ2n) is 4.63. The maximum Gasteiger partial charge on any atom is 0.258 e. The molecule has 7 heteroatoms. The fourth-order valence-corrected chi connectivity index (χ4v) is 2.14. The van der Waals surface area contributed by atoms with Crippen LogP contribution in [-0.2, 0) is 0 Å². The maximum atomic E-state index is 8.94. The van der Waals surface area contributed by atoms with Gasteiger partial charge < -0.3 is 4.52 Å². The lowest BCUT2D eigenvalue weighted by Gasteiger charge is -1.95. The molecule has 104 valence electrons. The van der Waals surface area contributed by atoms with Gasteiger partial charge in [-0.1, -0.05) is 11.2 Å². The van der Waals surface area contributed by atoms with Crippen molar-refractivity contribution < 1.29 is 4.52 Å². The second kappa shape index (κ2) is 4.79. The molecule has 22 heavy (non-hydrogen) atoms. The van der Waals surface area contributed by atoms with Crippen molar-refractivity contribution in [1.29, 1.82) is 5.26 Å². The third-order valence-electron chi connectivity index (χ3n) is 3.21. The standard InChI is InChI=1S/C15H8N6O/c16-7-10-2-1-3-11(6-10)15-18-14(20-22-15)12-4-5-13-19-17-9-21(13)8-12/h1-6,8-9H. The Bertz CT molecular complexity index is 1010. The van der Waals surface area contributed by atoms with Crippen LogP contribution in [-0.4, -0.2) is 24.7 Å². The SMILES string of the molecule is N#Cc1cccc(-c2nc(-c3ccc4nncn4c3)no2)c1. The number of rotatable bonds is 2. The summed E-state index contributed by atoms with van der Waals surface area (Å²) in [5.41, 5.74) is 2.79. The molecule has 0 unspecified atom stereocenters. The van der Waals surface area contributed by atoms with Crippen LogP contribution in [0.4, 0.5) is 0 Å². The van der Waals surface area contributed by atoms with Crippen molar-refractivity contribution in [2.75, 3.05) is 0 Å². The molecule has 0 saturated heterocycles. The van der Waals surface area contributed by atoms with E-state index in [2.05, 4.69) is 26.4 Å². The van der Waals surface area contributed by atoms with Gasteiger partial charge in [0.1, 0.15) is 6.33 Å². The molecule has 4 aromatic rings. The first kappa shape index (κ1) is 12.2. The van der Waals surface area contributed by atoms with Gasteiger partial charge in [-0.25, -0.2) is 0 Å². The molecule has 0 aliphatic heterocycles. The number of pyridine rings is 1. The Morgan fingerprint density at radius 3 is 3.00 bits per heavy atom. The first-order valence-corrected chi connectivity index (χ1v) is 6.47. The summed E-state index contributed by atoms with van der Waals surface area (Å²) >= 11 is 0. The lowest BCUT2D eigenvalue weighted by molar-refractivity contribution is 0.432. The Labute approximate surface area is 124 Å². The fraction of sp³-hybridized carbons (Fsp3) is 0. The molecule has 0 radical (unpaired) electrons. The summed E-state index contributed by atoms with van der Waals surface area (Å²) in [6.45, 7) is 0. The molecule has 0 amide bonds. The van der Waals surface area contributed by atoms with Crippen LogP contribution in [0.2, 0.25) is 0 Å². The van der Waals surface area contributed by atoms with E-state index in [1.165, 1.54) is 0 Å². The molecule has 0 aliphatic rings. The molecule has 4 rings (SSSR count). The molecule has 0 spiro atoms. The predicted octanol–water partition coefficient (Wildman–Crippen LogP) is 2.32. The summed E-state index contributed by atoms with van der Waals surface area (Å²) in [6, 6.07) is 12.8. The van der Waals surface area contributed by atoms with Crippen LogP contribution in [0.5, 0.6) is 0 Å². The van der Waals surface area contributed by atoms with Gasteiger partial charge in [-0.05, 0) is 30.3 Å². The molecule has 0 N–H and O–H groups in total. The highest BCUT2D eigenvalue weighted by Crippen LogP contribution is 2.23. The molecule has 3 aromatic heterocycles. The van der Waals surface area contributed by atoms with Crippen molar-refractivity contribution in [3.63, 3.8) is 0 Å². The summed E-state index contributed by atoms with van der Waals surface area (Å²) in [5, 5.41) is 20.7. The quantitative estimate of drug-likeness (QED) is 0.562. The monoisotopic (exact) mass is 288 g/mol. The van der Waals surface area contributed by atoms with Crippen LogP contribution < -0.4 is 0 Å². The van der Waals surface area contributed by atoms with Crippen LogP contribution in [0.15, 0.2) is 53.4 Å². The van der Waals surface area contributed by atoms with Crippen LogP contribution in [0.3, 0.4) is 0 Å². The minimum absolute atomic E-state index is 0.371. The Morgan fingerprint density at radius 1 is 1.14 bits per heavy atom. The average molecular weight is 288 g/mol. The molecular weight excluding hydrogens is 280 g/mol. The van der Waals surface area contributed by atoms with E-state index in [9.17, 15) is 0 Å². The van der Waals surface area contributed by atoms with Crippen molar-refractivity contribution in [1.82, 2.24) is 24.7 Å². The minimum atomic E-state index is 0.371. The van der Waals surface area contributed by atoms with Crippen molar-refractivity contribution in [2.45, 2.75) is 0 Å². The van der Waals surface area contributed by atoms with E-state index in [1.54, 1.807) is 28.9 Å². The second-order valence-corrected chi connectivity index (χ2v) is 4.63. The number of nitrogens with zero attached hydrogens (tertiary/aromatic N) is 6. The van der Waals surface area contributed by atoms with E-state index in [0.29, 0.717) is 22.8 Å². The Hall–Kier alpha value is -3.53. The van der Waals surface area contributed by atoms with E-state index in [-0.39, 0.29) is 0 Å². The van der Waals surface area contributed by atoms with Crippen LogP contribution in [0, 0.1) is 11.3 Å². The van der Waals surface area contributed by atoms with Crippen LogP contribution in [0.1, 0.15) is 5.56 Å². The van der Waals surface area contributed by atoms with Gasteiger partial charge in [-0.2, -0.15) is 10.2 Å². The molecule has 0 fully saturated rings. The zero-order chi connectivity index (χ0) is 14.9. The lowest BCUT2D eigenvalue weighted by atomic mass is 10.1. The number of aromatic nitrogens is 5. The zero-order valence-corrected chi connectivity index (χ0v) is 11.2. The molecule has 1 aromatic carbocycles. The minimum Gasteiger partial charge on any atom is -0.334 e. The van der Waals surface area contributed by atoms with Crippen molar-refractivity contribution >= 4 is 5.65 Å². The van der Waals surface area contributed by atoms with Crippen molar-refractivity contribution in [3.8, 4) is 28.9 Å². The van der Waals surface area contributed by atoms with Gasteiger partial charge in [0, 0.05) is 17.3 Å². The normalized spacial score (nSPS) is 10.7. The average Bonchev–Trinajstić information content (AvgIpc) is 3.23. The van der Waals surface area contributed by atoms with Gasteiger partial charge in [0.05, 0.1) is 11.6 Å². The molecule has 0 atom stereocenters. The summed E-state index contributed by atoms with van der Waals surface area (Å²) in [6.07, 6.45) is 3.44. The Balaban J connectivity index is 1.75. The molecular formula is C15H8N6O. The van der Waals surface area contributed by atoms with E-state index < -0.39 is 0 Å². The Kier molecular flexibility index (Phi) is 2.66. The molecule has 0 saturated carbocycles. The predicted molar refractivity (Wildman–Crippen MR) is 76.4 cm³/mol. The van der Waals surface area contributed by atoms with Crippen molar-refractivity contribution in [3.05, 3.63) is 54.5 Å².